The molecule has 1 N–H and O–H groups in total. The van der Waals surface area contributed by atoms with Gasteiger partial charge in [0.1, 0.15) is 5.01 Å². The van der Waals surface area contributed by atoms with E-state index in [0.29, 0.717) is 11.6 Å². The summed E-state index contributed by atoms with van der Waals surface area (Å²) in [4.78, 5) is 27.3. The van der Waals surface area contributed by atoms with E-state index in [0.717, 1.165) is 16.3 Å². The van der Waals surface area contributed by atoms with Crippen molar-refractivity contribution in [3.8, 4) is 0 Å². The first-order valence-electron chi connectivity index (χ1n) is 8.72. The lowest BCUT2D eigenvalue weighted by atomic mass is 10.1. The van der Waals surface area contributed by atoms with E-state index >= 15 is 0 Å². The number of carbonyl (C=O) groups is 1. The summed E-state index contributed by atoms with van der Waals surface area (Å²) < 4.78 is 0. The molecular formula is C21H19N3O3S. The molecule has 0 spiro atoms. The summed E-state index contributed by atoms with van der Waals surface area (Å²) in [6, 6.07) is 13.0. The van der Waals surface area contributed by atoms with Gasteiger partial charge in [-0.1, -0.05) is 38.1 Å². The Morgan fingerprint density at radius 2 is 1.96 bits per heavy atom. The number of hydrogen-bond acceptors (Lipinski definition) is 5. The van der Waals surface area contributed by atoms with Gasteiger partial charge in [-0.15, -0.1) is 11.3 Å². The van der Waals surface area contributed by atoms with Crippen LogP contribution in [0.4, 0.5) is 11.4 Å². The highest BCUT2D eigenvalue weighted by Gasteiger charge is 2.11. The minimum Gasteiger partial charge on any atom is -0.322 e. The van der Waals surface area contributed by atoms with Crippen LogP contribution in [-0.2, 0) is 0 Å². The van der Waals surface area contributed by atoms with Crippen LogP contribution in [0.3, 0.4) is 0 Å². The van der Waals surface area contributed by atoms with Gasteiger partial charge in [0.15, 0.2) is 0 Å². The Kier molecular flexibility index (Phi) is 5.96. The van der Waals surface area contributed by atoms with Crippen molar-refractivity contribution in [1.29, 1.82) is 0 Å². The van der Waals surface area contributed by atoms with E-state index in [9.17, 15) is 14.9 Å². The number of hydrogen-bond donors (Lipinski definition) is 1. The van der Waals surface area contributed by atoms with Crippen LogP contribution in [0.1, 0.15) is 46.4 Å². The van der Waals surface area contributed by atoms with Crippen molar-refractivity contribution in [3.63, 3.8) is 0 Å². The molecular weight excluding hydrogens is 374 g/mol. The molecule has 3 aromatic rings. The number of anilines is 1. The molecule has 0 aliphatic carbocycles. The summed E-state index contributed by atoms with van der Waals surface area (Å²) in [5.41, 5.74) is 2.72. The molecule has 7 heteroatoms. The lowest BCUT2D eigenvalue weighted by Gasteiger charge is -2.06. The van der Waals surface area contributed by atoms with Crippen LogP contribution < -0.4 is 5.32 Å². The molecule has 28 heavy (non-hydrogen) atoms. The highest BCUT2D eigenvalue weighted by atomic mass is 32.1. The molecule has 0 aliphatic rings. The number of nitrogens with one attached hydrogen (secondary N) is 1. The Hall–Kier alpha value is -3.32. The number of amides is 1. The van der Waals surface area contributed by atoms with Crippen molar-refractivity contribution in [1.82, 2.24) is 4.98 Å². The quantitative estimate of drug-likeness (QED) is 0.436. The van der Waals surface area contributed by atoms with Gasteiger partial charge in [0.05, 0.1) is 10.6 Å². The van der Waals surface area contributed by atoms with E-state index in [-0.39, 0.29) is 11.3 Å². The molecule has 1 amide bonds. The van der Waals surface area contributed by atoms with Gasteiger partial charge in [-0.05, 0) is 35.8 Å². The standard InChI is InChI=1S/C21H19N3O3S/c1-14(2)19-13-28-20(23-19)10-9-15-5-3-7-17(11-15)22-21(25)16-6-4-8-18(12-16)24(26)27/h3-14H,1-2H3,(H,22,25). The Balaban J connectivity index is 1.72. The molecule has 0 bridgehead atoms. The second kappa shape index (κ2) is 8.58. The van der Waals surface area contributed by atoms with Crippen molar-refractivity contribution in [2.24, 2.45) is 0 Å². The van der Waals surface area contributed by atoms with Gasteiger partial charge in [0.2, 0.25) is 0 Å². The maximum atomic E-state index is 12.4. The van der Waals surface area contributed by atoms with E-state index in [1.807, 2.05) is 30.4 Å². The number of non-ortho nitro benzene ring substituents is 1. The average Bonchev–Trinajstić information content (AvgIpc) is 3.16. The number of rotatable bonds is 6. The van der Waals surface area contributed by atoms with Crippen LogP contribution in [0.15, 0.2) is 53.9 Å². The Bertz CT molecular complexity index is 1040. The summed E-state index contributed by atoms with van der Waals surface area (Å²) in [7, 11) is 0. The highest BCUT2D eigenvalue weighted by molar-refractivity contribution is 7.10. The molecule has 3 rings (SSSR count). The third kappa shape index (κ3) is 4.89. The summed E-state index contributed by atoms with van der Waals surface area (Å²) >= 11 is 1.59. The molecule has 1 aromatic heterocycles. The third-order valence-electron chi connectivity index (χ3n) is 4.01. The van der Waals surface area contributed by atoms with Gasteiger partial charge in [-0.3, -0.25) is 14.9 Å². The zero-order valence-electron chi connectivity index (χ0n) is 15.5. The first-order chi connectivity index (χ1) is 13.4. The van der Waals surface area contributed by atoms with Gasteiger partial charge < -0.3 is 5.32 Å². The van der Waals surface area contributed by atoms with Crippen molar-refractivity contribution in [2.75, 3.05) is 5.32 Å². The summed E-state index contributed by atoms with van der Waals surface area (Å²) in [6.07, 6.45) is 3.88. The topological polar surface area (TPSA) is 85.1 Å². The number of nitro benzene ring substituents is 1. The molecule has 0 fully saturated rings. The predicted octanol–water partition coefficient (Wildman–Crippen LogP) is 5.60. The molecule has 0 saturated heterocycles. The van der Waals surface area contributed by atoms with Gasteiger partial charge in [-0.2, -0.15) is 0 Å². The zero-order chi connectivity index (χ0) is 20.1. The molecule has 0 atom stereocenters. The summed E-state index contributed by atoms with van der Waals surface area (Å²) in [6.45, 7) is 4.21. The summed E-state index contributed by atoms with van der Waals surface area (Å²) in [5.74, 6) is -0.00270. The van der Waals surface area contributed by atoms with Gasteiger partial charge in [0, 0.05) is 28.8 Å². The minimum absolute atomic E-state index is 0.117. The normalized spacial score (nSPS) is 11.1. The van der Waals surface area contributed by atoms with Crippen molar-refractivity contribution < 1.29 is 9.72 Å². The third-order valence-corrected chi connectivity index (χ3v) is 4.84. The lowest BCUT2D eigenvalue weighted by Crippen LogP contribution is -2.12. The van der Waals surface area contributed by atoms with E-state index in [4.69, 9.17) is 0 Å². The van der Waals surface area contributed by atoms with Crippen molar-refractivity contribution >= 4 is 40.8 Å². The Morgan fingerprint density at radius 3 is 2.68 bits per heavy atom. The van der Waals surface area contributed by atoms with Crippen molar-refractivity contribution in [3.05, 3.63) is 85.9 Å². The molecule has 1 heterocycles. The Morgan fingerprint density at radius 1 is 1.18 bits per heavy atom. The fraction of sp³-hybridized carbons (Fsp3) is 0.143. The van der Waals surface area contributed by atoms with Crippen LogP contribution in [-0.4, -0.2) is 15.8 Å². The van der Waals surface area contributed by atoms with E-state index in [1.54, 1.807) is 23.5 Å². The fourth-order valence-electron chi connectivity index (χ4n) is 2.49. The summed E-state index contributed by atoms with van der Waals surface area (Å²) in [5, 5.41) is 16.6. The monoisotopic (exact) mass is 393 g/mol. The van der Waals surface area contributed by atoms with Crippen LogP contribution in [0.2, 0.25) is 0 Å². The highest BCUT2D eigenvalue weighted by Crippen LogP contribution is 2.21. The second-order valence-electron chi connectivity index (χ2n) is 6.49. The van der Waals surface area contributed by atoms with Crippen molar-refractivity contribution in [2.45, 2.75) is 19.8 Å². The minimum atomic E-state index is -0.522. The first-order valence-corrected chi connectivity index (χ1v) is 9.60. The predicted molar refractivity (Wildman–Crippen MR) is 113 cm³/mol. The molecule has 0 radical (unpaired) electrons. The number of aromatic nitrogens is 1. The van der Waals surface area contributed by atoms with Gasteiger partial charge >= 0.3 is 0 Å². The largest absolute Gasteiger partial charge is 0.322 e. The Labute approximate surface area is 166 Å². The van der Waals surface area contributed by atoms with Crippen LogP contribution >= 0.6 is 11.3 Å². The number of benzene rings is 2. The lowest BCUT2D eigenvalue weighted by molar-refractivity contribution is -0.384. The van der Waals surface area contributed by atoms with Gasteiger partial charge in [-0.25, -0.2) is 4.98 Å². The van der Waals surface area contributed by atoms with Crippen LogP contribution in [0, 0.1) is 10.1 Å². The number of nitro groups is 1. The van der Waals surface area contributed by atoms with Crippen LogP contribution in [0.5, 0.6) is 0 Å². The zero-order valence-corrected chi connectivity index (χ0v) is 16.3. The number of nitrogens with zero attached hydrogens (tertiary/aromatic N) is 2. The maximum absolute atomic E-state index is 12.4. The SMILES string of the molecule is CC(C)c1csc(C=Cc2cccc(NC(=O)c3cccc([N+](=O)[O-])c3)c2)n1. The second-order valence-corrected chi connectivity index (χ2v) is 7.38. The van der Waals surface area contributed by atoms with E-state index in [2.05, 4.69) is 29.5 Å². The fourth-order valence-corrected chi connectivity index (χ4v) is 3.37. The van der Waals surface area contributed by atoms with E-state index in [1.165, 1.54) is 18.2 Å². The number of thiazole rings is 1. The smallest absolute Gasteiger partial charge is 0.270 e. The maximum Gasteiger partial charge on any atom is 0.270 e. The molecule has 2 aromatic carbocycles. The molecule has 0 unspecified atom stereocenters. The first kappa shape index (κ1) is 19.4. The number of carbonyl (C=O) groups excluding carboxylic acids is 1. The average molecular weight is 393 g/mol. The molecule has 0 aliphatic heterocycles. The molecule has 142 valence electrons. The van der Waals surface area contributed by atoms with Gasteiger partial charge in [0.25, 0.3) is 11.6 Å². The van der Waals surface area contributed by atoms with Crippen LogP contribution in [0.25, 0.3) is 12.2 Å². The molecule has 0 saturated carbocycles. The molecule has 6 nitrogen and oxygen atoms in total. The van der Waals surface area contributed by atoms with E-state index < -0.39 is 10.8 Å².